The molecule has 128 valence electrons. The van der Waals surface area contributed by atoms with Crippen LogP contribution < -0.4 is 4.90 Å². The molecule has 1 fully saturated rings. The van der Waals surface area contributed by atoms with Gasteiger partial charge in [-0.2, -0.15) is 4.37 Å². The molecular formula is C17H16ClN5OS. The molecule has 0 saturated carbocycles. The Bertz CT molecular complexity index is 918. The highest BCUT2D eigenvalue weighted by molar-refractivity contribution is 7.14. The zero-order valence-electron chi connectivity index (χ0n) is 13.6. The van der Waals surface area contributed by atoms with Crippen LogP contribution in [0.2, 0.25) is 5.02 Å². The van der Waals surface area contributed by atoms with Gasteiger partial charge in [-0.25, -0.2) is 9.97 Å². The van der Waals surface area contributed by atoms with Crippen molar-refractivity contribution in [3.63, 3.8) is 0 Å². The van der Waals surface area contributed by atoms with Gasteiger partial charge < -0.3 is 9.80 Å². The Morgan fingerprint density at radius 1 is 1.12 bits per heavy atom. The second-order valence-corrected chi connectivity index (χ2v) is 7.12. The number of rotatable bonds is 2. The van der Waals surface area contributed by atoms with Gasteiger partial charge in [0.25, 0.3) is 0 Å². The lowest BCUT2D eigenvalue weighted by Gasteiger charge is -2.34. The summed E-state index contributed by atoms with van der Waals surface area (Å²) in [5, 5.41) is 0.696. The zero-order valence-corrected chi connectivity index (χ0v) is 15.2. The fraction of sp³-hybridized carbons (Fsp3) is 0.294. The predicted molar refractivity (Wildman–Crippen MR) is 100 cm³/mol. The first-order chi connectivity index (χ1) is 12.1. The van der Waals surface area contributed by atoms with Crippen molar-refractivity contribution in [2.24, 2.45) is 0 Å². The molecule has 3 aromatic rings. The summed E-state index contributed by atoms with van der Waals surface area (Å²) in [4.78, 5) is 24.5. The van der Waals surface area contributed by atoms with Crippen LogP contribution in [0.15, 0.2) is 30.6 Å². The minimum absolute atomic E-state index is 0.121. The standard InChI is InChI=1S/C17H16ClN5OS/c1-11(24)22-6-8-23(9-7-22)17-16-15(19-10-20-17)14(21-25-16)12-2-4-13(18)5-3-12/h2-5,10H,6-9H2,1H3. The van der Waals surface area contributed by atoms with Gasteiger partial charge in [0, 0.05) is 43.7 Å². The molecule has 8 heteroatoms. The van der Waals surface area contributed by atoms with Gasteiger partial charge in [0.2, 0.25) is 5.91 Å². The van der Waals surface area contributed by atoms with Crippen molar-refractivity contribution in [1.29, 1.82) is 0 Å². The largest absolute Gasteiger partial charge is 0.352 e. The van der Waals surface area contributed by atoms with Crippen LogP contribution in [0.1, 0.15) is 6.92 Å². The Kier molecular flexibility index (Phi) is 4.27. The summed E-state index contributed by atoms with van der Waals surface area (Å²) in [5.41, 5.74) is 2.69. The van der Waals surface area contributed by atoms with Crippen molar-refractivity contribution in [3.8, 4) is 11.3 Å². The summed E-state index contributed by atoms with van der Waals surface area (Å²) in [6, 6.07) is 7.60. The number of carbonyl (C=O) groups excluding carboxylic acids is 1. The fourth-order valence-electron chi connectivity index (χ4n) is 3.01. The second kappa shape index (κ2) is 6.57. The Morgan fingerprint density at radius 3 is 2.52 bits per heavy atom. The summed E-state index contributed by atoms with van der Waals surface area (Å²) in [5.74, 6) is 1.02. The molecule has 0 N–H and O–H groups in total. The van der Waals surface area contributed by atoms with Gasteiger partial charge in [-0.1, -0.05) is 23.7 Å². The molecule has 2 aromatic heterocycles. The highest BCUT2D eigenvalue weighted by Crippen LogP contribution is 2.34. The minimum atomic E-state index is 0.121. The van der Waals surface area contributed by atoms with Crippen molar-refractivity contribution < 1.29 is 4.79 Å². The molecule has 1 aliphatic heterocycles. The average Bonchev–Trinajstić information content (AvgIpc) is 3.06. The molecule has 3 heterocycles. The molecule has 1 saturated heterocycles. The van der Waals surface area contributed by atoms with Crippen molar-refractivity contribution in [1.82, 2.24) is 19.2 Å². The summed E-state index contributed by atoms with van der Waals surface area (Å²) in [6.07, 6.45) is 1.59. The molecule has 1 aliphatic rings. The fourth-order valence-corrected chi connectivity index (χ4v) is 4.01. The van der Waals surface area contributed by atoms with E-state index in [1.165, 1.54) is 11.5 Å². The smallest absolute Gasteiger partial charge is 0.219 e. The van der Waals surface area contributed by atoms with E-state index < -0.39 is 0 Å². The van der Waals surface area contributed by atoms with Gasteiger partial charge in [0.05, 0.1) is 0 Å². The topological polar surface area (TPSA) is 62.2 Å². The Balaban J connectivity index is 1.68. The third-order valence-corrected chi connectivity index (χ3v) is 5.46. The molecule has 0 bridgehead atoms. The van der Waals surface area contributed by atoms with E-state index in [2.05, 4.69) is 19.2 Å². The molecule has 6 nitrogen and oxygen atoms in total. The molecule has 0 atom stereocenters. The van der Waals surface area contributed by atoms with E-state index in [1.54, 1.807) is 13.3 Å². The van der Waals surface area contributed by atoms with Crippen LogP contribution in [0.4, 0.5) is 5.82 Å². The van der Waals surface area contributed by atoms with Crippen LogP contribution in [0, 0.1) is 0 Å². The van der Waals surface area contributed by atoms with Crippen molar-refractivity contribution in [2.75, 3.05) is 31.1 Å². The van der Waals surface area contributed by atoms with Gasteiger partial charge in [0.15, 0.2) is 5.82 Å². The van der Waals surface area contributed by atoms with Crippen LogP contribution in [0.3, 0.4) is 0 Å². The van der Waals surface area contributed by atoms with E-state index in [1.807, 2.05) is 29.2 Å². The summed E-state index contributed by atoms with van der Waals surface area (Å²) < 4.78 is 5.57. The van der Waals surface area contributed by atoms with Crippen molar-refractivity contribution >= 4 is 45.1 Å². The van der Waals surface area contributed by atoms with Crippen molar-refractivity contribution in [3.05, 3.63) is 35.6 Å². The van der Waals surface area contributed by atoms with Gasteiger partial charge in [-0.05, 0) is 23.7 Å². The highest BCUT2D eigenvalue weighted by Gasteiger charge is 2.23. The number of anilines is 1. The number of benzene rings is 1. The Labute approximate surface area is 154 Å². The maximum absolute atomic E-state index is 11.5. The van der Waals surface area contributed by atoms with Gasteiger partial charge in [0.1, 0.15) is 22.2 Å². The summed E-state index contributed by atoms with van der Waals surface area (Å²) in [6.45, 7) is 4.56. The number of hydrogen-bond donors (Lipinski definition) is 0. The minimum Gasteiger partial charge on any atom is -0.352 e. The van der Waals surface area contributed by atoms with Crippen LogP contribution in [0.5, 0.6) is 0 Å². The Morgan fingerprint density at radius 2 is 1.84 bits per heavy atom. The maximum Gasteiger partial charge on any atom is 0.219 e. The highest BCUT2D eigenvalue weighted by atomic mass is 35.5. The maximum atomic E-state index is 11.5. The van der Waals surface area contributed by atoms with E-state index in [0.717, 1.165) is 40.4 Å². The first-order valence-corrected chi connectivity index (χ1v) is 9.15. The first kappa shape index (κ1) is 16.2. The third-order valence-electron chi connectivity index (χ3n) is 4.38. The van der Waals surface area contributed by atoms with E-state index >= 15 is 0 Å². The summed E-state index contributed by atoms with van der Waals surface area (Å²) in [7, 11) is 0. The number of fused-ring (bicyclic) bond motifs is 1. The lowest BCUT2D eigenvalue weighted by Crippen LogP contribution is -2.48. The number of piperazine rings is 1. The molecule has 0 radical (unpaired) electrons. The number of nitrogens with zero attached hydrogens (tertiary/aromatic N) is 5. The van der Waals surface area contributed by atoms with Crippen LogP contribution in [0.25, 0.3) is 21.5 Å². The van der Waals surface area contributed by atoms with E-state index in [0.29, 0.717) is 18.1 Å². The predicted octanol–water partition coefficient (Wildman–Crippen LogP) is 3.08. The number of carbonyl (C=O) groups is 1. The zero-order chi connectivity index (χ0) is 17.4. The lowest BCUT2D eigenvalue weighted by atomic mass is 10.1. The van der Waals surface area contributed by atoms with Crippen LogP contribution in [-0.2, 0) is 4.79 Å². The molecule has 0 unspecified atom stereocenters. The lowest BCUT2D eigenvalue weighted by molar-refractivity contribution is -0.129. The van der Waals surface area contributed by atoms with E-state index in [-0.39, 0.29) is 5.91 Å². The average molecular weight is 374 g/mol. The van der Waals surface area contributed by atoms with Gasteiger partial charge >= 0.3 is 0 Å². The number of aromatic nitrogens is 3. The first-order valence-electron chi connectivity index (χ1n) is 8.00. The molecule has 0 spiro atoms. The normalized spacial score (nSPS) is 15.0. The van der Waals surface area contributed by atoms with Crippen molar-refractivity contribution in [2.45, 2.75) is 6.92 Å². The Hall–Kier alpha value is -2.25. The summed E-state index contributed by atoms with van der Waals surface area (Å²) >= 11 is 7.38. The molecular weight excluding hydrogens is 358 g/mol. The molecule has 0 aliphatic carbocycles. The van der Waals surface area contributed by atoms with Gasteiger partial charge in [-0.15, -0.1) is 0 Å². The second-order valence-electron chi connectivity index (χ2n) is 5.91. The number of amides is 1. The van der Waals surface area contributed by atoms with E-state index in [4.69, 9.17) is 11.6 Å². The van der Waals surface area contributed by atoms with Crippen LogP contribution >= 0.6 is 23.1 Å². The van der Waals surface area contributed by atoms with Gasteiger partial charge in [-0.3, -0.25) is 4.79 Å². The quantitative estimate of drug-likeness (QED) is 0.690. The van der Waals surface area contributed by atoms with Crippen LogP contribution in [-0.4, -0.2) is 51.3 Å². The SMILES string of the molecule is CC(=O)N1CCN(c2ncnc3c(-c4ccc(Cl)cc4)nsc23)CC1. The number of hydrogen-bond acceptors (Lipinski definition) is 6. The van der Waals surface area contributed by atoms with E-state index in [9.17, 15) is 4.79 Å². The molecule has 4 rings (SSSR count). The molecule has 25 heavy (non-hydrogen) atoms. The monoisotopic (exact) mass is 373 g/mol. The molecule has 1 aromatic carbocycles. The third kappa shape index (κ3) is 3.05. The number of halogens is 1. The molecule has 1 amide bonds.